The SMILES string of the molecule is CCOCCNC(=NC)NCCCc1ccccc1. The molecule has 0 aromatic heterocycles. The second-order valence-electron chi connectivity index (χ2n) is 4.21. The summed E-state index contributed by atoms with van der Waals surface area (Å²) < 4.78 is 5.27. The van der Waals surface area contributed by atoms with Crippen LogP contribution in [0.1, 0.15) is 18.9 Å². The fourth-order valence-corrected chi connectivity index (χ4v) is 1.75. The predicted molar refractivity (Wildman–Crippen MR) is 80.6 cm³/mol. The van der Waals surface area contributed by atoms with Gasteiger partial charge in [0, 0.05) is 26.7 Å². The number of hydrogen-bond donors (Lipinski definition) is 2. The highest BCUT2D eigenvalue weighted by atomic mass is 16.5. The molecule has 0 saturated heterocycles. The van der Waals surface area contributed by atoms with Crippen LogP contribution in [0.3, 0.4) is 0 Å². The fraction of sp³-hybridized carbons (Fsp3) is 0.533. The summed E-state index contributed by atoms with van der Waals surface area (Å²) in [5, 5.41) is 6.52. The van der Waals surface area contributed by atoms with E-state index in [1.165, 1.54) is 5.56 Å². The van der Waals surface area contributed by atoms with Crippen molar-refractivity contribution in [3.8, 4) is 0 Å². The highest BCUT2D eigenvalue weighted by molar-refractivity contribution is 5.79. The lowest BCUT2D eigenvalue weighted by atomic mass is 10.1. The Morgan fingerprint density at radius 2 is 1.89 bits per heavy atom. The summed E-state index contributed by atoms with van der Waals surface area (Å²) in [5.74, 6) is 0.841. The Balaban J connectivity index is 2.09. The fourth-order valence-electron chi connectivity index (χ4n) is 1.75. The number of benzene rings is 1. The minimum atomic E-state index is 0.710. The standard InChI is InChI=1S/C15H25N3O/c1-3-19-13-12-18-15(16-2)17-11-7-10-14-8-5-4-6-9-14/h4-6,8-9H,3,7,10-13H2,1-2H3,(H2,16,17,18). The molecule has 0 spiro atoms. The molecule has 1 aromatic carbocycles. The van der Waals surface area contributed by atoms with Gasteiger partial charge in [-0.3, -0.25) is 4.99 Å². The van der Waals surface area contributed by atoms with E-state index in [0.29, 0.717) is 6.61 Å². The summed E-state index contributed by atoms with van der Waals surface area (Å²) in [5.41, 5.74) is 1.38. The zero-order valence-electron chi connectivity index (χ0n) is 12.0. The maximum absolute atomic E-state index is 5.27. The van der Waals surface area contributed by atoms with Gasteiger partial charge < -0.3 is 15.4 Å². The third kappa shape index (κ3) is 7.47. The van der Waals surface area contributed by atoms with Gasteiger partial charge in [0.05, 0.1) is 6.61 Å². The molecule has 4 nitrogen and oxygen atoms in total. The van der Waals surface area contributed by atoms with E-state index in [0.717, 1.165) is 38.5 Å². The monoisotopic (exact) mass is 263 g/mol. The van der Waals surface area contributed by atoms with Crippen molar-refractivity contribution < 1.29 is 4.74 Å². The van der Waals surface area contributed by atoms with E-state index in [1.54, 1.807) is 7.05 Å². The van der Waals surface area contributed by atoms with Crippen LogP contribution in [0.4, 0.5) is 0 Å². The molecule has 106 valence electrons. The lowest BCUT2D eigenvalue weighted by Crippen LogP contribution is -2.39. The number of ether oxygens (including phenoxy) is 1. The average Bonchev–Trinajstić information content (AvgIpc) is 2.46. The van der Waals surface area contributed by atoms with Gasteiger partial charge in [-0.25, -0.2) is 0 Å². The molecule has 0 bridgehead atoms. The molecule has 0 heterocycles. The Kier molecular flexibility index (Phi) is 8.47. The molecule has 4 heteroatoms. The van der Waals surface area contributed by atoms with Gasteiger partial charge in [-0.05, 0) is 25.3 Å². The van der Waals surface area contributed by atoms with Crippen LogP contribution in [0, 0.1) is 0 Å². The van der Waals surface area contributed by atoms with E-state index in [-0.39, 0.29) is 0 Å². The Bertz CT molecular complexity index is 352. The first kappa shape index (κ1) is 15.5. The Morgan fingerprint density at radius 1 is 1.16 bits per heavy atom. The lowest BCUT2D eigenvalue weighted by molar-refractivity contribution is 0.152. The van der Waals surface area contributed by atoms with Gasteiger partial charge in [-0.2, -0.15) is 0 Å². The summed E-state index contributed by atoms with van der Waals surface area (Å²) in [6.45, 7) is 5.16. The van der Waals surface area contributed by atoms with Gasteiger partial charge in [0.25, 0.3) is 0 Å². The van der Waals surface area contributed by atoms with E-state index in [1.807, 2.05) is 13.0 Å². The van der Waals surface area contributed by atoms with Gasteiger partial charge >= 0.3 is 0 Å². The number of nitrogens with one attached hydrogen (secondary N) is 2. The molecule has 19 heavy (non-hydrogen) atoms. The first-order valence-corrected chi connectivity index (χ1v) is 6.93. The zero-order valence-corrected chi connectivity index (χ0v) is 12.0. The van der Waals surface area contributed by atoms with Crippen LogP contribution in [-0.4, -0.2) is 39.3 Å². The predicted octanol–water partition coefficient (Wildman–Crippen LogP) is 1.82. The second-order valence-corrected chi connectivity index (χ2v) is 4.21. The van der Waals surface area contributed by atoms with E-state index >= 15 is 0 Å². The molecule has 1 aromatic rings. The van der Waals surface area contributed by atoms with Gasteiger partial charge in [0.2, 0.25) is 0 Å². The number of aryl methyl sites for hydroxylation is 1. The van der Waals surface area contributed by atoms with Crippen molar-refractivity contribution in [1.82, 2.24) is 10.6 Å². The molecule has 0 saturated carbocycles. The largest absolute Gasteiger partial charge is 0.380 e. The van der Waals surface area contributed by atoms with Crippen LogP contribution < -0.4 is 10.6 Å². The van der Waals surface area contributed by atoms with Crippen molar-refractivity contribution in [3.63, 3.8) is 0 Å². The first-order chi connectivity index (χ1) is 9.36. The average molecular weight is 263 g/mol. The third-order valence-electron chi connectivity index (χ3n) is 2.74. The van der Waals surface area contributed by atoms with Crippen molar-refractivity contribution in [2.75, 3.05) is 33.4 Å². The summed E-state index contributed by atoms with van der Waals surface area (Å²) >= 11 is 0. The highest BCUT2D eigenvalue weighted by Gasteiger charge is 1.97. The van der Waals surface area contributed by atoms with E-state index in [4.69, 9.17) is 4.74 Å². The minimum Gasteiger partial charge on any atom is -0.380 e. The van der Waals surface area contributed by atoms with E-state index in [9.17, 15) is 0 Å². The van der Waals surface area contributed by atoms with Gasteiger partial charge in [-0.1, -0.05) is 30.3 Å². The molecule has 0 aliphatic rings. The van der Waals surface area contributed by atoms with Gasteiger partial charge in [-0.15, -0.1) is 0 Å². The molecule has 0 amide bonds. The van der Waals surface area contributed by atoms with Gasteiger partial charge in [0.15, 0.2) is 5.96 Å². The number of rotatable bonds is 8. The quantitative estimate of drug-likeness (QED) is 0.427. The Hall–Kier alpha value is -1.55. The van der Waals surface area contributed by atoms with Crippen LogP contribution in [-0.2, 0) is 11.2 Å². The molecule has 1 rings (SSSR count). The molecule has 0 unspecified atom stereocenters. The first-order valence-electron chi connectivity index (χ1n) is 6.93. The number of nitrogens with zero attached hydrogens (tertiary/aromatic N) is 1. The molecule has 0 aliphatic heterocycles. The van der Waals surface area contributed by atoms with Gasteiger partial charge in [0.1, 0.15) is 0 Å². The molecule has 0 atom stereocenters. The molecule has 0 aliphatic carbocycles. The van der Waals surface area contributed by atoms with Crippen molar-refractivity contribution in [2.24, 2.45) is 4.99 Å². The van der Waals surface area contributed by atoms with Crippen LogP contribution in [0.2, 0.25) is 0 Å². The molecule has 2 N–H and O–H groups in total. The number of guanidine groups is 1. The van der Waals surface area contributed by atoms with Crippen LogP contribution in [0.25, 0.3) is 0 Å². The van der Waals surface area contributed by atoms with Crippen molar-refractivity contribution >= 4 is 5.96 Å². The van der Waals surface area contributed by atoms with Crippen molar-refractivity contribution in [2.45, 2.75) is 19.8 Å². The summed E-state index contributed by atoms with van der Waals surface area (Å²) in [6, 6.07) is 10.5. The lowest BCUT2D eigenvalue weighted by Gasteiger charge is -2.11. The normalized spacial score (nSPS) is 11.4. The second kappa shape index (κ2) is 10.4. The highest BCUT2D eigenvalue weighted by Crippen LogP contribution is 2.01. The summed E-state index contributed by atoms with van der Waals surface area (Å²) in [7, 11) is 1.78. The summed E-state index contributed by atoms with van der Waals surface area (Å²) in [6.07, 6.45) is 2.18. The molecular formula is C15H25N3O. The Morgan fingerprint density at radius 3 is 2.58 bits per heavy atom. The van der Waals surface area contributed by atoms with E-state index in [2.05, 4.69) is 39.9 Å². The third-order valence-corrected chi connectivity index (χ3v) is 2.74. The Labute approximate surface area is 116 Å². The van der Waals surface area contributed by atoms with Crippen LogP contribution in [0.15, 0.2) is 35.3 Å². The van der Waals surface area contributed by atoms with E-state index < -0.39 is 0 Å². The maximum Gasteiger partial charge on any atom is 0.191 e. The van der Waals surface area contributed by atoms with Crippen molar-refractivity contribution in [3.05, 3.63) is 35.9 Å². The van der Waals surface area contributed by atoms with Crippen LogP contribution in [0.5, 0.6) is 0 Å². The number of aliphatic imine (C=N–C) groups is 1. The summed E-state index contributed by atoms with van der Waals surface area (Å²) in [4.78, 5) is 4.17. The van der Waals surface area contributed by atoms with Crippen LogP contribution >= 0.6 is 0 Å². The van der Waals surface area contributed by atoms with Crippen molar-refractivity contribution in [1.29, 1.82) is 0 Å². The molecular weight excluding hydrogens is 238 g/mol. The smallest absolute Gasteiger partial charge is 0.191 e. The number of hydrogen-bond acceptors (Lipinski definition) is 2. The zero-order chi connectivity index (χ0) is 13.8. The minimum absolute atomic E-state index is 0.710. The molecule has 0 radical (unpaired) electrons. The maximum atomic E-state index is 5.27. The topological polar surface area (TPSA) is 45.6 Å². The molecule has 0 fully saturated rings.